The summed E-state index contributed by atoms with van der Waals surface area (Å²) in [5, 5.41) is 0. The highest BCUT2D eigenvalue weighted by atomic mass is 16.5. The number of nitrogens with zero attached hydrogens (tertiary/aromatic N) is 1. The Morgan fingerprint density at radius 1 is 1.38 bits per heavy atom. The molecule has 0 spiro atoms. The molecular weight excluding hydrogens is 204 g/mol. The molecule has 0 aliphatic carbocycles. The van der Waals surface area contributed by atoms with E-state index in [-0.39, 0.29) is 0 Å². The van der Waals surface area contributed by atoms with Crippen LogP contribution in [0.15, 0.2) is 16.7 Å². The van der Waals surface area contributed by atoms with Crippen molar-refractivity contribution < 1.29 is 9.15 Å². The fourth-order valence-corrected chi connectivity index (χ4v) is 1.45. The van der Waals surface area contributed by atoms with Gasteiger partial charge in [0.2, 0.25) is 0 Å². The SMILES string of the molecule is CN(C)Cc1occc1COCCCCN. The highest BCUT2D eigenvalue weighted by molar-refractivity contribution is 5.15. The third-order valence-electron chi connectivity index (χ3n) is 2.30. The minimum atomic E-state index is 0.629. The van der Waals surface area contributed by atoms with Crippen molar-refractivity contribution in [1.29, 1.82) is 0 Å². The smallest absolute Gasteiger partial charge is 0.123 e. The van der Waals surface area contributed by atoms with Gasteiger partial charge in [0, 0.05) is 12.2 Å². The van der Waals surface area contributed by atoms with Crippen LogP contribution in [0.1, 0.15) is 24.2 Å². The van der Waals surface area contributed by atoms with Crippen molar-refractivity contribution in [3.05, 3.63) is 23.7 Å². The molecule has 0 amide bonds. The molecule has 0 unspecified atom stereocenters. The average molecular weight is 226 g/mol. The molecule has 1 aromatic rings. The van der Waals surface area contributed by atoms with Gasteiger partial charge in [-0.1, -0.05) is 0 Å². The lowest BCUT2D eigenvalue weighted by molar-refractivity contribution is 0.115. The molecule has 4 heteroatoms. The number of hydrogen-bond acceptors (Lipinski definition) is 4. The molecule has 1 heterocycles. The molecule has 2 N–H and O–H groups in total. The van der Waals surface area contributed by atoms with E-state index < -0.39 is 0 Å². The monoisotopic (exact) mass is 226 g/mol. The molecule has 0 bridgehead atoms. The fourth-order valence-electron chi connectivity index (χ4n) is 1.45. The summed E-state index contributed by atoms with van der Waals surface area (Å²) in [6.45, 7) is 2.95. The standard InChI is InChI=1S/C12H22N2O2/c1-14(2)9-12-11(5-8-16-12)10-15-7-4-3-6-13/h5,8H,3-4,6-7,9-10,13H2,1-2H3. The van der Waals surface area contributed by atoms with E-state index in [4.69, 9.17) is 14.9 Å². The van der Waals surface area contributed by atoms with E-state index in [0.29, 0.717) is 6.61 Å². The van der Waals surface area contributed by atoms with Gasteiger partial charge in [0.1, 0.15) is 5.76 Å². The van der Waals surface area contributed by atoms with Crippen molar-refractivity contribution in [3.8, 4) is 0 Å². The molecule has 0 saturated carbocycles. The number of nitrogens with two attached hydrogens (primary N) is 1. The summed E-state index contributed by atoms with van der Waals surface area (Å²) in [5.41, 5.74) is 6.55. The minimum Gasteiger partial charge on any atom is -0.468 e. The molecule has 1 rings (SSSR count). The molecule has 16 heavy (non-hydrogen) atoms. The highest BCUT2D eigenvalue weighted by Crippen LogP contribution is 2.13. The van der Waals surface area contributed by atoms with Crippen LogP contribution < -0.4 is 5.73 Å². The first kappa shape index (κ1) is 13.2. The molecule has 4 nitrogen and oxygen atoms in total. The molecule has 1 aromatic heterocycles. The summed E-state index contributed by atoms with van der Waals surface area (Å²) in [6.07, 6.45) is 3.77. The first-order chi connectivity index (χ1) is 7.74. The van der Waals surface area contributed by atoms with Gasteiger partial charge in [-0.2, -0.15) is 0 Å². The second-order valence-electron chi connectivity index (χ2n) is 4.16. The van der Waals surface area contributed by atoms with E-state index in [1.807, 2.05) is 20.2 Å². The van der Waals surface area contributed by atoms with Crippen LogP contribution in [0.2, 0.25) is 0 Å². The normalized spacial score (nSPS) is 11.2. The molecule has 0 fully saturated rings. The Balaban J connectivity index is 2.27. The third-order valence-corrected chi connectivity index (χ3v) is 2.30. The highest BCUT2D eigenvalue weighted by Gasteiger charge is 2.07. The van der Waals surface area contributed by atoms with Gasteiger partial charge in [-0.25, -0.2) is 0 Å². The Bertz CT molecular complexity index is 284. The maximum Gasteiger partial charge on any atom is 0.123 e. The molecule has 92 valence electrons. The Hall–Kier alpha value is -0.840. The Morgan fingerprint density at radius 3 is 2.88 bits per heavy atom. The van der Waals surface area contributed by atoms with Gasteiger partial charge < -0.3 is 19.8 Å². The number of unbranched alkanes of at least 4 members (excludes halogenated alkanes) is 1. The van der Waals surface area contributed by atoms with Crippen LogP contribution in [0.4, 0.5) is 0 Å². The molecule has 0 aliphatic heterocycles. The van der Waals surface area contributed by atoms with Crippen LogP contribution in [-0.2, 0) is 17.9 Å². The van der Waals surface area contributed by atoms with Crippen molar-refractivity contribution in [1.82, 2.24) is 4.90 Å². The van der Waals surface area contributed by atoms with E-state index in [0.717, 1.165) is 43.9 Å². The summed E-state index contributed by atoms with van der Waals surface area (Å²) in [5.74, 6) is 0.990. The predicted octanol–water partition coefficient (Wildman–Crippen LogP) is 1.60. The van der Waals surface area contributed by atoms with Crippen molar-refractivity contribution in [2.24, 2.45) is 5.73 Å². The number of furan rings is 1. The second-order valence-corrected chi connectivity index (χ2v) is 4.16. The predicted molar refractivity (Wildman–Crippen MR) is 64.0 cm³/mol. The number of hydrogen-bond donors (Lipinski definition) is 1. The van der Waals surface area contributed by atoms with E-state index in [9.17, 15) is 0 Å². The maximum atomic E-state index is 5.57. The zero-order valence-electron chi connectivity index (χ0n) is 10.2. The summed E-state index contributed by atoms with van der Waals surface area (Å²) in [7, 11) is 4.04. The average Bonchev–Trinajstić information content (AvgIpc) is 2.64. The summed E-state index contributed by atoms with van der Waals surface area (Å²) < 4.78 is 11.0. The van der Waals surface area contributed by atoms with Crippen LogP contribution >= 0.6 is 0 Å². The van der Waals surface area contributed by atoms with Gasteiger partial charge in [-0.05, 0) is 39.5 Å². The van der Waals surface area contributed by atoms with Gasteiger partial charge >= 0.3 is 0 Å². The largest absolute Gasteiger partial charge is 0.468 e. The van der Waals surface area contributed by atoms with Gasteiger partial charge in [0.05, 0.1) is 19.4 Å². The topological polar surface area (TPSA) is 51.6 Å². The lowest BCUT2D eigenvalue weighted by atomic mass is 10.2. The van der Waals surface area contributed by atoms with Crippen LogP contribution in [-0.4, -0.2) is 32.1 Å². The van der Waals surface area contributed by atoms with E-state index in [1.54, 1.807) is 6.26 Å². The van der Waals surface area contributed by atoms with E-state index in [2.05, 4.69) is 4.90 Å². The van der Waals surface area contributed by atoms with Gasteiger partial charge in [0.15, 0.2) is 0 Å². The fraction of sp³-hybridized carbons (Fsp3) is 0.667. The van der Waals surface area contributed by atoms with Crippen molar-refractivity contribution >= 4 is 0 Å². The number of rotatable bonds is 8. The molecule has 0 atom stereocenters. The number of ether oxygens (including phenoxy) is 1. The van der Waals surface area contributed by atoms with Crippen molar-refractivity contribution in [3.63, 3.8) is 0 Å². The lowest BCUT2D eigenvalue weighted by Gasteiger charge is -2.09. The van der Waals surface area contributed by atoms with E-state index in [1.165, 1.54) is 0 Å². The van der Waals surface area contributed by atoms with Crippen LogP contribution in [0.5, 0.6) is 0 Å². The third kappa shape index (κ3) is 4.79. The van der Waals surface area contributed by atoms with Crippen LogP contribution in [0.3, 0.4) is 0 Å². The molecule has 0 aromatic carbocycles. The molecule has 0 radical (unpaired) electrons. The van der Waals surface area contributed by atoms with Crippen LogP contribution in [0, 0.1) is 0 Å². The Labute approximate surface area is 97.4 Å². The van der Waals surface area contributed by atoms with Crippen molar-refractivity contribution in [2.75, 3.05) is 27.2 Å². The first-order valence-electron chi connectivity index (χ1n) is 5.72. The van der Waals surface area contributed by atoms with Gasteiger partial charge in [0.25, 0.3) is 0 Å². The summed E-state index contributed by atoms with van der Waals surface area (Å²) >= 11 is 0. The van der Waals surface area contributed by atoms with E-state index >= 15 is 0 Å². The van der Waals surface area contributed by atoms with Gasteiger partial charge in [-0.3, -0.25) is 0 Å². The van der Waals surface area contributed by atoms with Gasteiger partial charge in [-0.15, -0.1) is 0 Å². The lowest BCUT2D eigenvalue weighted by Crippen LogP contribution is -2.11. The molecule has 0 saturated heterocycles. The zero-order valence-corrected chi connectivity index (χ0v) is 10.2. The van der Waals surface area contributed by atoms with Crippen LogP contribution in [0.25, 0.3) is 0 Å². The second kappa shape index (κ2) is 7.44. The summed E-state index contributed by atoms with van der Waals surface area (Å²) in [6, 6.07) is 1.97. The Morgan fingerprint density at radius 2 is 2.19 bits per heavy atom. The first-order valence-corrected chi connectivity index (χ1v) is 5.72. The van der Waals surface area contributed by atoms with Crippen molar-refractivity contribution in [2.45, 2.75) is 26.0 Å². The Kier molecular flexibility index (Phi) is 6.15. The minimum absolute atomic E-state index is 0.629. The molecule has 0 aliphatic rings. The quantitative estimate of drug-likeness (QED) is 0.684. The zero-order chi connectivity index (χ0) is 11.8. The maximum absolute atomic E-state index is 5.57. The summed E-state index contributed by atoms with van der Waals surface area (Å²) in [4.78, 5) is 2.08. The molecular formula is C12H22N2O2.